The average Bonchev–Trinajstić information content (AvgIpc) is 3.42. The van der Waals surface area contributed by atoms with E-state index in [0.717, 1.165) is 11.4 Å². The van der Waals surface area contributed by atoms with Crippen molar-refractivity contribution in [3.63, 3.8) is 0 Å². The Balaban J connectivity index is 1.38. The Morgan fingerprint density at radius 2 is 1.23 bits per heavy atom. The van der Waals surface area contributed by atoms with Crippen LogP contribution in [0.15, 0.2) is 97.8 Å². The van der Waals surface area contributed by atoms with E-state index in [9.17, 15) is 0 Å². The van der Waals surface area contributed by atoms with E-state index in [0.29, 0.717) is 12.8 Å². The van der Waals surface area contributed by atoms with Gasteiger partial charge in [-0.3, -0.25) is 0 Å². The summed E-state index contributed by atoms with van der Waals surface area (Å²) in [7, 11) is -1.05. The minimum Gasteiger partial charge on any atom is -0.393 e. The van der Waals surface area contributed by atoms with Gasteiger partial charge < -0.3 is 14.2 Å². The second-order valence-electron chi connectivity index (χ2n) is 6.87. The van der Waals surface area contributed by atoms with Crippen molar-refractivity contribution >= 4 is 7.32 Å². The van der Waals surface area contributed by atoms with Crippen molar-refractivity contribution in [3.8, 4) is 0 Å². The number of hydrogen-bond acceptors (Lipinski definition) is 5. The van der Waals surface area contributed by atoms with Gasteiger partial charge in [0.05, 0.1) is 30.4 Å². The minimum atomic E-state index is -1.05. The molecule has 2 aromatic heterocycles. The maximum Gasteiger partial charge on any atom is 0.831 e. The monoisotopic (exact) mass is 414 g/mol. The second kappa shape index (κ2) is 10.3. The van der Waals surface area contributed by atoms with Crippen molar-refractivity contribution < 1.29 is 14.2 Å². The summed E-state index contributed by atoms with van der Waals surface area (Å²) in [5.74, 6) is 0. The van der Waals surface area contributed by atoms with E-state index in [-0.39, 0.29) is 6.61 Å². The van der Waals surface area contributed by atoms with Gasteiger partial charge in [0.25, 0.3) is 0 Å². The molecule has 0 aliphatic rings. The molecule has 0 bridgehead atoms. The molecule has 7 nitrogen and oxygen atoms in total. The van der Waals surface area contributed by atoms with Crippen LogP contribution in [0.4, 0.5) is 0 Å². The molecule has 4 rings (SSSR count). The maximum absolute atomic E-state index is 5.72. The van der Waals surface area contributed by atoms with Gasteiger partial charge in [-0.05, 0) is 23.3 Å². The number of hydrogen-bond donors (Lipinski definition) is 0. The van der Waals surface area contributed by atoms with Crippen LogP contribution in [0.3, 0.4) is 0 Å². The highest BCUT2D eigenvalue weighted by molar-refractivity contribution is 6.36. The fourth-order valence-corrected chi connectivity index (χ4v) is 3.01. The first-order valence-electron chi connectivity index (χ1n) is 10.0. The lowest BCUT2D eigenvalue weighted by molar-refractivity contribution is 0.0602. The van der Waals surface area contributed by atoms with E-state index in [2.05, 4.69) is 41.0 Å². The highest BCUT2D eigenvalue weighted by Crippen LogP contribution is 2.08. The molecule has 2 heterocycles. The molecule has 8 heteroatoms. The molecule has 0 saturated heterocycles. The maximum atomic E-state index is 5.72. The highest BCUT2D eigenvalue weighted by Gasteiger charge is 2.29. The summed E-state index contributed by atoms with van der Waals surface area (Å²) in [6, 6.07) is 24.0. The third kappa shape index (κ3) is 6.10. The summed E-state index contributed by atoms with van der Waals surface area (Å²) >= 11 is 0. The van der Waals surface area contributed by atoms with Crippen molar-refractivity contribution in [2.24, 2.45) is 0 Å². The van der Waals surface area contributed by atoms with Crippen molar-refractivity contribution in [3.05, 3.63) is 120 Å². The first kappa shape index (κ1) is 20.5. The molecule has 31 heavy (non-hydrogen) atoms. The van der Waals surface area contributed by atoms with Gasteiger partial charge in [-0.1, -0.05) is 66.7 Å². The van der Waals surface area contributed by atoms with Crippen LogP contribution in [0.25, 0.3) is 0 Å². The molecule has 4 aromatic rings. The van der Waals surface area contributed by atoms with Crippen LogP contribution < -0.4 is 9.51 Å². The van der Waals surface area contributed by atoms with E-state index >= 15 is 0 Å². The normalized spacial score (nSPS) is 10.6. The number of nitrogens with zero attached hydrogens (tertiary/aromatic N) is 4. The van der Waals surface area contributed by atoms with Gasteiger partial charge in [-0.15, -0.1) is 26.5 Å². The average molecular weight is 414 g/mol. The Morgan fingerprint density at radius 3 is 1.68 bits per heavy atom. The summed E-state index contributed by atoms with van der Waals surface area (Å²) < 4.78 is 17.0. The first-order valence-corrected chi connectivity index (χ1v) is 10.0. The van der Waals surface area contributed by atoms with E-state index in [1.54, 1.807) is 18.5 Å². The van der Waals surface area contributed by atoms with Crippen LogP contribution in [0.5, 0.6) is 0 Å². The van der Waals surface area contributed by atoms with Crippen LogP contribution >= 0.6 is 0 Å². The van der Waals surface area contributed by atoms with Gasteiger partial charge in [0.2, 0.25) is 0 Å². The van der Waals surface area contributed by atoms with Gasteiger partial charge >= 0.3 is 7.32 Å². The van der Waals surface area contributed by atoms with Gasteiger partial charge in [0, 0.05) is 12.8 Å². The number of rotatable bonds is 11. The van der Waals surface area contributed by atoms with Gasteiger partial charge in [0.1, 0.15) is 0 Å². The van der Waals surface area contributed by atoms with Crippen molar-refractivity contribution in [2.45, 2.75) is 12.8 Å². The molecule has 0 spiro atoms. The summed E-state index contributed by atoms with van der Waals surface area (Å²) in [5.41, 5.74) is 4.09. The molecular weight excluding hydrogens is 391 g/mol. The molecule has 0 unspecified atom stereocenters. The SMILES string of the molecule is C=CCOB(On1ccc(Cc2ccccc2)n1)On1ccc(Cc2ccccc2)n1. The van der Waals surface area contributed by atoms with Crippen molar-refractivity contribution in [2.75, 3.05) is 6.61 Å². The second-order valence-corrected chi connectivity index (χ2v) is 6.87. The van der Waals surface area contributed by atoms with Crippen molar-refractivity contribution in [1.82, 2.24) is 19.9 Å². The molecule has 0 fully saturated rings. The highest BCUT2D eigenvalue weighted by atomic mass is 16.9. The molecule has 0 N–H and O–H groups in total. The van der Waals surface area contributed by atoms with Gasteiger partial charge in [0.15, 0.2) is 0 Å². The fraction of sp³-hybridized carbons (Fsp3) is 0.130. The largest absolute Gasteiger partial charge is 0.831 e. The third-order valence-corrected chi connectivity index (χ3v) is 4.44. The Bertz CT molecular complexity index is 1000. The first-order chi connectivity index (χ1) is 15.3. The van der Waals surface area contributed by atoms with Crippen LogP contribution in [0.1, 0.15) is 22.5 Å². The molecular formula is C23H23BN4O3. The van der Waals surface area contributed by atoms with Gasteiger partial charge in [-0.25, -0.2) is 0 Å². The zero-order valence-corrected chi connectivity index (χ0v) is 17.1. The topological polar surface area (TPSA) is 63.3 Å². The van der Waals surface area contributed by atoms with Gasteiger partial charge in [-0.2, -0.15) is 0 Å². The zero-order chi connectivity index (χ0) is 21.3. The summed E-state index contributed by atoms with van der Waals surface area (Å²) in [4.78, 5) is 2.67. The quantitative estimate of drug-likeness (QED) is 0.279. The lowest BCUT2D eigenvalue weighted by Crippen LogP contribution is -2.43. The molecule has 156 valence electrons. The Kier molecular flexibility index (Phi) is 6.82. The zero-order valence-electron chi connectivity index (χ0n) is 17.1. The summed E-state index contributed by atoms with van der Waals surface area (Å²) in [5, 5.41) is 8.87. The van der Waals surface area contributed by atoms with E-state index < -0.39 is 7.32 Å². The third-order valence-electron chi connectivity index (χ3n) is 4.44. The lowest BCUT2D eigenvalue weighted by Gasteiger charge is -2.13. The Hall–Kier alpha value is -3.78. The summed E-state index contributed by atoms with van der Waals surface area (Å²) in [6.45, 7) is 3.92. The smallest absolute Gasteiger partial charge is 0.393 e. The van der Waals surface area contributed by atoms with E-state index in [1.807, 2.05) is 48.5 Å². The van der Waals surface area contributed by atoms with Crippen LogP contribution in [-0.2, 0) is 17.5 Å². The predicted molar refractivity (Wildman–Crippen MR) is 118 cm³/mol. The van der Waals surface area contributed by atoms with Crippen LogP contribution in [0, 0.1) is 0 Å². The Morgan fingerprint density at radius 1 is 0.742 bits per heavy atom. The summed E-state index contributed by atoms with van der Waals surface area (Å²) in [6.07, 6.45) is 6.47. The molecule has 0 atom stereocenters. The van der Waals surface area contributed by atoms with E-state index in [1.165, 1.54) is 20.8 Å². The van der Waals surface area contributed by atoms with E-state index in [4.69, 9.17) is 14.2 Å². The predicted octanol–water partition coefficient (Wildman–Crippen LogP) is 3.01. The lowest BCUT2D eigenvalue weighted by atomic mass is 10.1. The molecule has 2 aromatic carbocycles. The van der Waals surface area contributed by atoms with Crippen LogP contribution in [-0.4, -0.2) is 33.8 Å². The standard InChI is InChI=1S/C23H23BN4O3/c1-2-17-29-24(30-27-15-13-22(25-27)18-20-9-5-3-6-10-20)31-28-16-14-23(26-28)19-21-11-7-4-8-12-21/h2-16H,1,17-19H2. The van der Waals surface area contributed by atoms with Crippen LogP contribution in [0.2, 0.25) is 0 Å². The molecule has 0 aliphatic carbocycles. The molecule has 0 aliphatic heterocycles. The Labute approximate surface area is 181 Å². The fourth-order valence-electron chi connectivity index (χ4n) is 3.01. The van der Waals surface area contributed by atoms with Crippen molar-refractivity contribution in [1.29, 1.82) is 0 Å². The molecule has 0 radical (unpaired) electrons. The minimum absolute atomic E-state index is 0.251. The molecule has 0 saturated carbocycles. The molecule has 0 amide bonds. The number of benzene rings is 2. The number of aromatic nitrogens is 4.